The number of nitrogens with zero attached hydrogens (tertiary/aromatic N) is 2. The molecule has 0 saturated heterocycles. The van der Waals surface area contributed by atoms with Crippen molar-refractivity contribution in [3.63, 3.8) is 0 Å². The van der Waals surface area contributed by atoms with Crippen molar-refractivity contribution in [2.45, 2.75) is 31.2 Å². The average Bonchev–Trinajstić information content (AvgIpc) is 3.07. The van der Waals surface area contributed by atoms with Crippen LogP contribution in [0.3, 0.4) is 0 Å². The second-order valence-electron chi connectivity index (χ2n) is 5.81. The lowest BCUT2D eigenvalue weighted by molar-refractivity contribution is -0.124. The van der Waals surface area contributed by atoms with Crippen LogP contribution in [0.15, 0.2) is 47.6 Å². The third-order valence-corrected chi connectivity index (χ3v) is 4.59. The maximum atomic E-state index is 13.4. The molecule has 3 aliphatic rings. The molecule has 4 rings (SSSR count). The van der Waals surface area contributed by atoms with Gasteiger partial charge in [-0.15, -0.1) is 0 Å². The summed E-state index contributed by atoms with van der Waals surface area (Å²) < 4.78 is 13.4. The fraction of sp³-hybridized carbons (Fsp3) is 0.294. The van der Waals surface area contributed by atoms with Crippen molar-refractivity contribution in [2.75, 3.05) is 0 Å². The van der Waals surface area contributed by atoms with E-state index < -0.39 is 5.54 Å². The van der Waals surface area contributed by atoms with Gasteiger partial charge in [0.25, 0.3) is 5.91 Å². The fourth-order valence-corrected chi connectivity index (χ4v) is 3.49. The Balaban J connectivity index is 1.77. The Morgan fingerprint density at radius 2 is 2.00 bits per heavy atom. The molecular weight excluding hydrogens is 267 g/mol. The molecule has 0 N–H and O–H groups in total. The van der Waals surface area contributed by atoms with Crippen LogP contribution in [0, 0.1) is 5.82 Å². The van der Waals surface area contributed by atoms with Crippen LogP contribution < -0.4 is 0 Å². The Morgan fingerprint density at radius 1 is 1.19 bits per heavy atom. The quantitative estimate of drug-likeness (QED) is 0.791. The first kappa shape index (κ1) is 12.5. The molecule has 2 aliphatic heterocycles. The molecule has 0 bridgehead atoms. The second kappa shape index (κ2) is 4.38. The summed E-state index contributed by atoms with van der Waals surface area (Å²) in [6, 6.07) is 6.52. The molecule has 0 unspecified atom stereocenters. The second-order valence-corrected chi connectivity index (χ2v) is 5.81. The summed E-state index contributed by atoms with van der Waals surface area (Å²) in [5.74, 6) is 0.424. The minimum atomic E-state index is -0.487. The van der Waals surface area contributed by atoms with Crippen LogP contribution >= 0.6 is 0 Å². The van der Waals surface area contributed by atoms with Crippen molar-refractivity contribution in [1.82, 2.24) is 4.90 Å². The number of rotatable bonds is 1. The summed E-state index contributed by atoms with van der Waals surface area (Å²) in [4.78, 5) is 18.5. The van der Waals surface area contributed by atoms with Crippen LogP contribution in [0.25, 0.3) is 5.57 Å². The first-order valence-corrected chi connectivity index (χ1v) is 7.27. The van der Waals surface area contributed by atoms with Crippen LogP contribution in [-0.4, -0.2) is 22.2 Å². The van der Waals surface area contributed by atoms with Gasteiger partial charge in [0.1, 0.15) is 17.2 Å². The molecule has 0 radical (unpaired) electrons. The Hall–Kier alpha value is -2.23. The molecule has 1 aromatic rings. The molecule has 0 atom stereocenters. The summed E-state index contributed by atoms with van der Waals surface area (Å²) >= 11 is 0. The highest BCUT2D eigenvalue weighted by molar-refractivity contribution is 6.13. The number of amides is 1. The molecule has 1 spiro atoms. The fourth-order valence-electron chi connectivity index (χ4n) is 3.49. The number of halogens is 1. The van der Waals surface area contributed by atoms with Crippen molar-refractivity contribution in [3.05, 3.63) is 54.0 Å². The largest absolute Gasteiger partial charge is 0.317 e. The number of benzene rings is 1. The SMILES string of the molecule is O=C1N=C2C=CC(c3cccc(F)c3)=CN2C12CCCC2. The van der Waals surface area contributed by atoms with E-state index in [1.54, 1.807) is 6.07 Å². The van der Waals surface area contributed by atoms with E-state index in [0.717, 1.165) is 36.8 Å². The zero-order chi connectivity index (χ0) is 14.4. The van der Waals surface area contributed by atoms with Gasteiger partial charge in [0.2, 0.25) is 0 Å². The Morgan fingerprint density at radius 3 is 2.76 bits per heavy atom. The van der Waals surface area contributed by atoms with Gasteiger partial charge in [-0.2, -0.15) is 4.99 Å². The number of fused-ring (bicyclic) bond motifs is 2. The molecule has 1 amide bonds. The molecule has 3 nitrogen and oxygen atoms in total. The molecule has 106 valence electrons. The van der Waals surface area contributed by atoms with Crippen LogP contribution in [0.2, 0.25) is 0 Å². The van der Waals surface area contributed by atoms with E-state index in [-0.39, 0.29) is 11.7 Å². The van der Waals surface area contributed by atoms with Gasteiger partial charge in [0, 0.05) is 6.20 Å². The zero-order valence-corrected chi connectivity index (χ0v) is 11.6. The average molecular weight is 282 g/mol. The Kier molecular flexibility index (Phi) is 2.61. The number of amidine groups is 1. The zero-order valence-electron chi connectivity index (χ0n) is 11.6. The highest BCUT2D eigenvalue weighted by Gasteiger charge is 2.51. The summed E-state index contributed by atoms with van der Waals surface area (Å²) in [5.41, 5.74) is 1.24. The van der Waals surface area contributed by atoms with Crippen molar-refractivity contribution in [2.24, 2.45) is 4.99 Å². The van der Waals surface area contributed by atoms with Gasteiger partial charge in [0.15, 0.2) is 0 Å². The van der Waals surface area contributed by atoms with Crippen LogP contribution in [-0.2, 0) is 4.79 Å². The number of hydrogen-bond acceptors (Lipinski definition) is 2. The maximum absolute atomic E-state index is 13.4. The van der Waals surface area contributed by atoms with Gasteiger partial charge in [-0.25, -0.2) is 4.39 Å². The lowest BCUT2D eigenvalue weighted by atomic mass is 9.94. The summed E-state index contributed by atoms with van der Waals surface area (Å²) in [5, 5.41) is 0. The van der Waals surface area contributed by atoms with E-state index >= 15 is 0 Å². The normalized spacial score (nSPS) is 22.5. The van der Waals surface area contributed by atoms with Crippen LogP contribution in [0.1, 0.15) is 31.2 Å². The molecular formula is C17H15FN2O. The van der Waals surface area contributed by atoms with Gasteiger partial charge in [0.05, 0.1) is 0 Å². The van der Waals surface area contributed by atoms with E-state index in [2.05, 4.69) is 4.99 Å². The van der Waals surface area contributed by atoms with Gasteiger partial charge in [-0.05, 0) is 48.3 Å². The van der Waals surface area contributed by atoms with E-state index in [1.165, 1.54) is 12.1 Å². The molecule has 21 heavy (non-hydrogen) atoms. The van der Waals surface area contributed by atoms with Gasteiger partial charge < -0.3 is 4.90 Å². The lowest BCUT2D eigenvalue weighted by Crippen LogP contribution is -2.46. The highest BCUT2D eigenvalue weighted by atomic mass is 19.1. The topological polar surface area (TPSA) is 32.7 Å². The van der Waals surface area contributed by atoms with Gasteiger partial charge >= 0.3 is 0 Å². The molecule has 4 heteroatoms. The molecule has 1 fully saturated rings. The minimum absolute atomic E-state index is 0.0311. The minimum Gasteiger partial charge on any atom is -0.317 e. The van der Waals surface area contributed by atoms with Crippen molar-refractivity contribution in [3.8, 4) is 0 Å². The monoisotopic (exact) mass is 282 g/mol. The lowest BCUT2D eigenvalue weighted by Gasteiger charge is -2.34. The third kappa shape index (κ3) is 1.78. The number of allylic oxidation sites excluding steroid dienone is 2. The van der Waals surface area contributed by atoms with E-state index in [1.807, 2.05) is 29.3 Å². The Bertz CT molecular complexity index is 711. The predicted molar refractivity (Wildman–Crippen MR) is 79.0 cm³/mol. The number of hydrogen-bond donors (Lipinski definition) is 0. The van der Waals surface area contributed by atoms with E-state index in [9.17, 15) is 9.18 Å². The van der Waals surface area contributed by atoms with Gasteiger partial charge in [-0.1, -0.05) is 25.0 Å². The van der Waals surface area contributed by atoms with Crippen LogP contribution in [0.4, 0.5) is 4.39 Å². The third-order valence-electron chi connectivity index (χ3n) is 4.59. The molecule has 0 aromatic heterocycles. The van der Waals surface area contributed by atoms with Crippen LogP contribution in [0.5, 0.6) is 0 Å². The summed E-state index contributed by atoms with van der Waals surface area (Å²) in [7, 11) is 0. The highest BCUT2D eigenvalue weighted by Crippen LogP contribution is 2.42. The first-order valence-electron chi connectivity index (χ1n) is 7.27. The molecule has 2 heterocycles. The molecule has 1 saturated carbocycles. The summed E-state index contributed by atoms with van der Waals surface area (Å²) in [6.07, 6.45) is 9.50. The standard InChI is InChI=1S/C17H15FN2O/c18-14-5-3-4-12(10-14)13-6-7-15-19-16(21)17(20(15)11-13)8-1-2-9-17/h3-7,10-11H,1-2,8-9H2. The Labute approximate surface area is 122 Å². The smallest absolute Gasteiger partial charge is 0.273 e. The number of aliphatic imine (C=N–C) groups is 1. The van der Waals surface area contributed by atoms with E-state index in [4.69, 9.17) is 0 Å². The summed E-state index contributed by atoms with van der Waals surface area (Å²) in [6.45, 7) is 0. The first-order chi connectivity index (χ1) is 10.2. The van der Waals surface area contributed by atoms with Crippen molar-refractivity contribution in [1.29, 1.82) is 0 Å². The van der Waals surface area contributed by atoms with Gasteiger partial charge in [-0.3, -0.25) is 4.79 Å². The maximum Gasteiger partial charge on any atom is 0.273 e. The van der Waals surface area contributed by atoms with E-state index in [0.29, 0.717) is 5.84 Å². The van der Waals surface area contributed by atoms with Crippen molar-refractivity contribution < 1.29 is 9.18 Å². The molecule has 1 aromatic carbocycles. The number of carbonyl (C=O) groups excluding carboxylic acids is 1. The van der Waals surface area contributed by atoms with Crippen molar-refractivity contribution >= 4 is 17.3 Å². The predicted octanol–water partition coefficient (Wildman–Crippen LogP) is 3.29. The molecule has 1 aliphatic carbocycles. The number of carbonyl (C=O) groups is 1.